The van der Waals surface area contributed by atoms with Gasteiger partial charge < -0.3 is 9.80 Å². The highest BCUT2D eigenvalue weighted by Crippen LogP contribution is 2.32. The fourth-order valence-electron chi connectivity index (χ4n) is 3.30. The Bertz CT molecular complexity index is 1020. The number of alkyl halides is 3. The first-order chi connectivity index (χ1) is 14.1. The van der Waals surface area contributed by atoms with Crippen LogP contribution in [-0.4, -0.2) is 51.9 Å². The van der Waals surface area contributed by atoms with Crippen LogP contribution in [-0.2, 0) is 16.2 Å². The van der Waals surface area contributed by atoms with E-state index in [-0.39, 0.29) is 22.9 Å². The van der Waals surface area contributed by atoms with Crippen molar-refractivity contribution >= 4 is 21.6 Å². The van der Waals surface area contributed by atoms with Crippen LogP contribution < -0.4 is 9.62 Å². The van der Waals surface area contributed by atoms with E-state index in [0.717, 1.165) is 12.1 Å². The smallest absolute Gasteiger partial charge is 0.368 e. The van der Waals surface area contributed by atoms with Gasteiger partial charge in [0, 0.05) is 44.0 Å². The van der Waals surface area contributed by atoms with Gasteiger partial charge in [-0.2, -0.15) is 13.2 Å². The molecule has 0 radical (unpaired) electrons. The van der Waals surface area contributed by atoms with Crippen molar-refractivity contribution in [1.29, 1.82) is 0 Å². The SMILES string of the molecule is CCNS(=O)(=O)c1cccc(C(=O)N2CCN(c3cccc(C(F)(F)F)c3)CC2)c1. The largest absolute Gasteiger partial charge is 0.416 e. The van der Waals surface area contributed by atoms with Crippen LogP contribution >= 0.6 is 0 Å². The van der Waals surface area contributed by atoms with E-state index in [4.69, 9.17) is 0 Å². The number of piperazine rings is 1. The lowest BCUT2D eigenvalue weighted by molar-refractivity contribution is -0.137. The van der Waals surface area contributed by atoms with Crippen molar-refractivity contribution in [1.82, 2.24) is 9.62 Å². The van der Waals surface area contributed by atoms with Gasteiger partial charge in [0.15, 0.2) is 0 Å². The minimum Gasteiger partial charge on any atom is -0.368 e. The summed E-state index contributed by atoms with van der Waals surface area (Å²) in [6.45, 7) is 3.29. The summed E-state index contributed by atoms with van der Waals surface area (Å²) in [5.74, 6) is -0.313. The maximum atomic E-state index is 12.9. The molecular formula is C20H22F3N3O3S. The van der Waals surface area contributed by atoms with Gasteiger partial charge in [0.1, 0.15) is 0 Å². The second kappa shape index (κ2) is 8.65. The molecule has 0 atom stereocenters. The van der Waals surface area contributed by atoms with Crippen molar-refractivity contribution in [2.45, 2.75) is 18.0 Å². The highest BCUT2D eigenvalue weighted by Gasteiger charge is 2.31. The van der Waals surface area contributed by atoms with Gasteiger partial charge in [-0.1, -0.05) is 19.1 Å². The van der Waals surface area contributed by atoms with E-state index in [2.05, 4.69) is 4.72 Å². The van der Waals surface area contributed by atoms with E-state index in [0.29, 0.717) is 31.9 Å². The van der Waals surface area contributed by atoms with Gasteiger partial charge in [0.25, 0.3) is 5.91 Å². The van der Waals surface area contributed by atoms with E-state index in [1.54, 1.807) is 28.9 Å². The third-order valence-corrected chi connectivity index (χ3v) is 6.37. The van der Waals surface area contributed by atoms with Crippen LogP contribution in [0.3, 0.4) is 0 Å². The van der Waals surface area contributed by atoms with Gasteiger partial charge in [-0.05, 0) is 36.4 Å². The molecule has 2 aromatic carbocycles. The summed E-state index contributed by atoms with van der Waals surface area (Å²) in [7, 11) is -3.68. The lowest BCUT2D eigenvalue weighted by Crippen LogP contribution is -2.48. The molecule has 0 saturated carbocycles. The second-order valence-corrected chi connectivity index (χ2v) is 8.62. The molecule has 2 aromatic rings. The second-order valence-electron chi connectivity index (χ2n) is 6.86. The van der Waals surface area contributed by atoms with Gasteiger partial charge in [-0.25, -0.2) is 13.1 Å². The van der Waals surface area contributed by atoms with Crippen LogP contribution in [0, 0.1) is 0 Å². The Morgan fingerprint density at radius 3 is 2.33 bits per heavy atom. The fraction of sp³-hybridized carbons (Fsp3) is 0.350. The molecule has 1 amide bonds. The first kappa shape index (κ1) is 22.1. The Morgan fingerprint density at radius 1 is 1.03 bits per heavy atom. The topological polar surface area (TPSA) is 69.7 Å². The van der Waals surface area contributed by atoms with E-state index >= 15 is 0 Å². The molecule has 0 aromatic heterocycles. The molecule has 3 rings (SSSR count). The molecular weight excluding hydrogens is 419 g/mol. The summed E-state index contributed by atoms with van der Waals surface area (Å²) in [6, 6.07) is 10.9. The highest BCUT2D eigenvalue weighted by molar-refractivity contribution is 7.89. The van der Waals surface area contributed by atoms with E-state index in [1.807, 2.05) is 0 Å². The average Bonchev–Trinajstić information content (AvgIpc) is 2.73. The first-order valence-corrected chi connectivity index (χ1v) is 10.9. The molecule has 162 valence electrons. The van der Waals surface area contributed by atoms with E-state index in [9.17, 15) is 26.4 Å². The lowest BCUT2D eigenvalue weighted by atomic mass is 10.1. The average molecular weight is 441 g/mol. The van der Waals surface area contributed by atoms with Crippen LogP contribution in [0.2, 0.25) is 0 Å². The molecule has 1 saturated heterocycles. The maximum Gasteiger partial charge on any atom is 0.416 e. The summed E-state index contributed by atoms with van der Waals surface area (Å²) in [5.41, 5.74) is -0.00521. The Hall–Kier alpha value is -2.59. The number of hydrogen-bond donors (Lipinski definition) is 1. The molecule has 0 aliphatic carbocycles. The third-order valence-electron chi connectivity index (χ3n) is 4.83. The van der Waals surface area contributed by atoms with E-state index < -0.39 is 21.8 Å². The van der Waals surface area contributed by atoms with Gasteiger partial charge in [0.2, 0.25) is 10.0 Å². The summed E-state index contributed by atoms with van der Waals surface area (Å²) in [6.07, 6.45) is -4.41. The maximum absolute atomic E-state index is 12.9. The monoisotopic (exact) mass is 441 g/mol. The number of nitrogens with zero attached hydrogens (tertiary/aromatic N) is 2. The quantitative estimate of drug-likeness (QED) is 0.775. The van der Waals surface area contributed by atoms with Gasteiger partial charge >= 0.3 is 6.18 Å². The molecule has 1 fully saturated rings. The van der Waals surface area contributed by atoms with Crippen LogP contribution in [0.25, 0.3) is 0 Å². The van der Waals surface area contributed by atoms with Crippen molar-refractivity contribution in [3.8, 4) is 0 Å². The predicted molar refractivity (Wildman–Crippen MR) is 107 cm³/mol. The van der Waals surface area contributed by atoms with Crippen LogP contribution in [0.15, 0.2) is 53.4 Å². The van der Waals surface area contributed by atoms with Crippen molar-refractivity contribution in [3.63, 3.8) is 0 Å². The molecule has 10 heteroatoms. The number of hydrogen-bond acceptors (Lipinski definition) is 4. The molecule has 1 aliphatic rings. The summed E-state index contributed by atoms with van der Waals surface area (Å²) in [5, 5.41) is 0. The Balaban J connectivity index is 1.69. The number of sulfonamides is 1. The number of benzene rings is 2. The van der Waals surface area contributed by atoms with Gasteiger partial charge in [-0.3, -0.25) is 4.79 Å². The molecule has 0 spiro atoms. The molecule has 1 aliphatic heterocycles. The normalized spacial score (nSPS) is 15.3. The zero-order chi connectivity index (χ0) is 21.9. The molecule has 1 heterocycles. The van der Waals surface area contributed by atoms with Gasteiger partial charge in [-0.15, -0.1) is 0 Å². The standard InChI is InChI=1S/C20H22F3N3O3S/c1-2-24-30(28,29)18-8-3-5-15(13-18)19(27)26-11-9-25(10-12-26)17-7-4-6-16(14-17)20(21,22)23/h3-8,13-14,24H,2,9-12H2,1H3. The number of anilines is 1. The Kier molecular flexibility index (Phi) is 6.37. The number of carbonyl (C=O) groups is 1. The van der Waals surface area contributed by atoms with Crippen LogP contribution in [0.4, 0.5) is 18.9 Å². The van der Waals surface area contributed by atoms with Gasteiger partial charge in [0.05, 0.1) is 10.5 Å². The third kappa shape index (κ3) is 4.93. The first-order valence-electron chi connectivity index (χ1n) is 9.43. The Morgan fingerprint density at radius 2 is 1.70 bits per heavy atom. The molecule has 6 nitrogen and oxygen atoms in total. The summed E-state index contributed by atoms with van der Waals surface area (Å²) in [4.78, 5) is 16.2. The fourth-order valence-corrected chi connectivity index (χ4v) is 4.39. The summed E-state index contributed by atoms with van der Waals surface area (Å²) < 4.78 is 65.5. The number of amides is 1. The van der Waals surface area contributed by atoms with Crippen molar-refractivity contribution in [2.24, 2.45) is 0 Å². The summed E-state index contributed by atoms with van der Waals surface area (Å²) >= 11 is 0. The molecule has 0 unspecified atom stereocenters. The minimum absolute atomic E-state index is 0.0119. The Labute approximate surface area is 173 Å². The van der Waals surface area contributed by atoms with Crippen LogP contribution in [0.5, 0.6) is 0 Å². The zero-order valence-corrected chi connectivity index (χ0v) is 17.1. The predicted octanol–water partition coefficient (Wildman–Crippen LogP) is 2.97. The van der Waals surface area contributed by atoms with Crippen molar-refractivity contribution in [3.05, 3.63) is 59.7 Å². The number of carbonyl (C=O) groups excluding carboxylic acids is 1. The molecule has 0 bridgehead atoms. The van der Waals surface area contributed by atoms with Crippen molar-refractivity contribution < 1.29 is 26.4 Å². The van der Waals surface area contributed by atoms with Crippen LogP contribution in [0.1, 0.15) is 22.8 Å². The minimum atomic E-state index is -4.41. The zero-order valence-electron chi connectivity index (χ0n) is 16.3. The molecule has 1 N–H and O–H groups in total. The van der Waals surface area contributed by atoms with Crippen molar-refractivity contribution in [2.75, 3.05) is 37.6 Å². The lowest BCUT2D eigenvalue weighted by Gasteiger charge is -2.36. The van der Waals surface area contributed by atoms with E-state index in [1.165, 1.54) is 24.3 Å². The number of rotatable bonds is 5. The highest BCUT2D eigenvalue weighted by atomic mass is 32.2. The number of nitrogens with one attached hydrogen (secondary N) is 1. The number of halogens is 3. The molecule has 30 heavy (non-hydrogen) atoms.